The number of likely N-dealkylation sites (tertiary alicyclic amines) is 1. The Morgan fingerprint density at radius 2 is 1.80 bits per heavy atom. The molecule has 0 saturated carbocycles. The maximum atomic E-state index is 12.6. The van der Waals surface area contributed by atoms with Crippen molar-refractivity contribution in [2.75, 3.05) is 25.0 Å². The van der Waals surface area contributed by atoms with Crippen LogP contribution in [0.2, 0.25) is 10.0 Å². The molecule has 3 rings (SSSR count). The van der Waals surface area contributed by atoms with Crippen LogP contribution in [0.15, 0.2) is 30.5 Å². The molecular weight excluding hydrogens is 361 g/mol. The molecule has 0 radical (unpaired) electrons. The zero-order chi connectivity index (χ0) is 17.8. The van der Waals surface area contributed by atoms with Crippen molar-refractivity contribution in [3.05, 3.63) is 46.2 Å². The molecule has 5 nitrogen and oxygen atoms in total. The van der Waals surface area contributed by atoms with Crippen LogP contribution in [0.4, 0.5) is 5.69 Å². The number of benzene rings is 1. The fourth-order valence-electron chi connectivity index (χ4n) is 3.08. The third kappa shape index (κ3) is 4.48. The number of carbonyl (C=O) groups excluding carboxylic acids is 1. The van der Waals surface area contributed by atoms with Gasteiger partial charge in [0.15, 0.2) is 5.75 Å². The third-order valence-electron chi connectivity index (χ3n) is 4.44. The van der Waals surface area contributed by atoms with Crippen molar-refractivity contribution in [1.29, 1.82) is 0 Å². The number of hydrogen-bond acceptors (Lipinski definition) is 3. The van der Waals surface area contributed by atoms with E-state index in [0.717, 1.165) is 26.2 Å². The number of hydrogen-bond donors (Lipinski definition) is 2. The Bertz CT molecular complexity index is 732. The van der Waals surface area contributed by atoms with Gasteiger partial charge in [-0.3, -0.25) is 4.79 Å². The van der Waals surface area contributed by atoms with Crippen molar-refractivity contribution >= 4 is 34.8 Å². The molecule has 0 atom stereocenters. The maximum absolute atomic E-state index is 12.6. The minimum Gasteiger partial charge on any atom is -0.505 e. The Labute approximate surface area is 157 Å². The van der Waals surface area contributed by atoms with Crippen molar-refractivity contribution in [2.24, 2.45) is 0 Å². The Hall–Kier alpha value is -1.69. The number of nitrogens with zero attached hydrogens (tertiary/aromatic N) is 2. The van der Waals surface area contributed by atoms with Gasteiger partial charge in [0, 0.05) is 25.0 Å². The van der Waals surface area contributed by atoms with Crippen LogP contribution < -0.4 is 5.32 Å². The number of rotatable bonds is 5. The highest BCUT2D eigenvalue weighted by atomic mass is 35.5. The summed E-state index contributed by atoms with van der Waals surface area (Å²) < 4.78 is 1.95. The summed E-state index contributed by atoms with van der Waals surface area (Å²) in [6.45, 7) is 3.97. The van der Waals surface area contributed by atoms with Crippen LogP contribution >= 0.6 is 23.2 Å². The molecule has 1 aliphatic rings. The zero-order valence-electron chi connectivity index (χ0n) is 13.8. The summed E-state index contributed by atoms with van der Waals surface area (Å²) in [7, 11) is 0. The molecule has 0 spiro atoms. The van der Waals surface area contributed by atoms with E-state index in [4.69, 9.17) is 23.2 Å². The highest BCUT2D eigenvalue weighted by Crippen LogP contribution is 2.34. The second kappa shape index (κ2) is 8.13. The highest BCUT2D eigenvalue weighted by Gasteiger charge is 2.15. The summed E-state index contributed by atoms with van der Waals surface area (Å²) in [6.07, 6.45) is 5.73. The van der Waals surface area contributed by atoms with Crippen LogP contribution in [0.3, 0.4) is 0 Å². The number of aromatic hydroxyl groups is 1. The Morgan fingerprint density at radius 1 is 1.12 bits per heavy atom. The number of phenolic OH excluding ortho intramolecular Hbond substituents is 1. The van der Waals surface area contributed by atoms with Gasteiger partial charge in [0.1, 0.15) is 5.69 Å². The van der Waals surface area contributed by atoms with E-state index in [0.29, 0.717) is 11.4 Å². The molecule has 1 aliphatic heterocycles. The lowest BCUT2D eigenvalue weighted by Gasteiger charge is -2.26. The van der Waals surface area contributed by atoms with Crippen LogP contribution in [0.1, 0.15) is 29.8 Å². The molecule has 1 aromatic heterocycles. The largest absolute Gasteiger partial charge is 0.505 e. The monoisotopic (exact) mass is 381 g/mol. The molecule has 134 valence electrons. The average Bonchev–Trinajstić information content (AvgIpc) is 3.07. The normalized spacial score (nSPS) is 15.3. The van der Waals surface area contributed by atoms with Crippen LogP contribution in [0.5, 0.6) is 5.75 Å². The molecule has 1 aromatic carbocycles. The third-order valence-corrected chi connectivity index (χ3v) is 5.02. The van der Waals surface area contributed by atoms with Gasteiger partial charge in [0.05, 0.1) is 10.0 Å². The van der Waals surface area contributed by atoms with Crippen LogP contribution in [-0.2, 0) is 6.54 Å². The molecule has 2 heterocycles. The number of nitrogens with one attached hydrogen (secondary N) is 1. The smallest absolute Gasteiger partial charge is 0.272 e. The van der Waals surface area contributed by atoms with Gasteiger partial charge in [-0.05, 0) is 50.2 Å². The SMILES string of the molecule is O=C(Nc1cc(Cl)c(O)c(Cl)c1)c1cccn1CCN1CCCCC1. The molecule has 2 aromatic rings. The topological polar surface area (TPSA) is 57.5 Å². The molecule has 0 bridgehead atoms. The molecule has 1 fully saturated rings. The van der Waals surface area contributed by atoms with Gasteiger partial charge >= 0.3 is 0 Å². The predicted octanol–water partition coefficient (Wildman–Crippen LogP) is 4.24. The lowest BCUT2D eigenvalue weighted by atomic mass is 10.1. The van der Waals surface area contributed by atoms with E-state index in [1.807, 2.05) is 16.8 Å². The number of anilines is 1. The van der Waals surface area contributed by atoms with E-state index in [1.54, 1.807) is 6.07 Å². The second-order valence-corrected chi connectivity index (χ2v) is 7.05. The van der Waals surface area contributed by atoms with Crippen molar-refractivity contribution in [3.8, 4) is 5.75 Å². The van der Waals surface area contributed by atoms with Gasteiger partial charge in [-0.25, -0.2) is 0 Å². The molecule has 0 unspecified atom stereocenters. The van der Waals surface area contributed by atoms with E-state index in [1.165, 1.54) is 31.4 Å². The first-order valence-corrected chi connectivity index (χ1v) is 9.17. The minimum absolute atomic E-state index is 0.100. The standard InChI is InChI=1S/C18H21Cl2N3O2/c19-14-11-13(12-15(20)17(14)24)21-18(25)16-5-4-8-23(16)10-9-22-6-2-1-3-7-22/h4-5,8,11-12,24H,1-3,6-7,9-10H2,(H,21,25). The van der Waals surface area contributed by atoms with Crippen molar-refractivity contribution < 1.29 is 9.90 Å². The molecule has 1 saturated heterocycles. The van der Waals surface area contributed by atoms with Gasteiger partial charge in [-0.2, -0.15) is 0 Å². The first-order chi connectivity index (χ1) is 12.0. The van der Waals surface area contributed by atoms with E-state index >= 15 is 0 Å². The van der Waals surface area contributed by atoms with Crippen LogP contribution in [0.25, 0.3) is 0 Å². The van der Waals surface area contributed by atoms with E-state index < -0.39 is 0 Å². The number of amides is 1. The second-order valence-electron chi connectivity index (χ2n) is 6.23. The van der Waals surface area contributed by atoms with E-state index in [9.17, 15) is 9.90 Å². The quantitative estimate of drug-likeness (QED) is 0.761. The van der Waals surface area contributed by atoms with Gasteiger partial charge in [0.25, 0.3) is 5.91 Å². The molecule has 1 amide bonds. The van der Waals surface area contributed by atoms with Crippen LogP contribution in [0, 0.1) is 0 Å². The van der Waals surface area contributed by atoms with E-state index in [2.05, 4.69) is 10.2 Å². The van der Waals surface area contributed by atoms with Crippen LogP contribution in [-0.4, -0.2) is 40.1 Å². The Balaban J connectivity index is 1.65. The Kier molecular flexibility index (Phi) is 5.89. The highest BCUT2D eigenvalue weighted by molar-refractivity contribution is 6.37. The first-order valence-electron chi connectivity index (χ1n) is 8.41. The summed E-state index contributed by atoms with van der Waals surface area (Å²) in [5.74, 6) is -0.423. The number of aromatic nitrogens is 1. The molecule has 25 heavy (non-hydrogen) atoms. The molecule has 7 heteroatoms. The predicted molar refractivity (Wildman–Crippen MR) is 101 cm³/mol. The minimum atomic E-state index is -0.235. The van der Waals surface area contributed by atoms with Crippen molar-refractivity contribution in [2.45, 2.75) is 25.8 Å². The number of piperidine rings is 1. The molecule has 2 N–H and O–H groups in total. The molecular formula is C18H21Cl2N3O2. The summed E-state index contributed by atoms with van der Waals surface area (Å²) in [4.78, 5) is 15.0. The Morgan fingerprint density at radius 3 is 2.48 bits per heavy atom. The van der Waals surface area contributed by atoms with Crippen molar-refractivity contribution in [3.63, 3.8) is 0 Å². The summed E-state index contributed by atoms with van der Waals surface area (Å²) in [5.41, 5.74) is 1.03. The number of carbonyl (C=O) groups is 1. The summed E-state index contributed by atoms with van der Waals surface area (Å²) >= 11 is 11.8. The fourth-order valence-corrected chi connectivity index (χ4v) is 3.57. The maximum Gasteiger partial charge on any atom is 0.272 e. The zero-order valence-corrected chi connectivity index (χ0v) is 15.4. The summed E-state index contributed by atoms with van der Waals surface area (Å²) in [5, 5.41) is 12.6. The van der Waals surface area contributed by atoms with Gasteiger partial charge in [-0.15, -0.1) is 0 Å². The summed E-state index contributed by atoms with van der Waals surface area (Å²) in [6, 6.07) is 6.60. The lowest BCUT2D eigenvalue weighted by Crippen LogP contribution is -2.33. The van der Waals surface area contributed by atoms with E-state index in [-0.39, 0.29) is 21.7 Å². The van der Waals surface area contributed by atoms with Gasteiger partial charge in [-0.1, -0.05) is 29.6 Å². The van der Waals surface area contributed by atoms with Crippen molar-refractivity contribution in [1.82, 2.24) is 9.47 Å². The number of phenols is 1. The lowest BCUT2D eigenvalue weighted by molar-refractivity contribution is 0.101. The first kappa shape index (κ1) is 18.1. The van der Waals surface area contributed by atoms with Gasteiger partial charge < -0.3 is 19.9 Å². The van der Waals surface area contributed by atoms with Gasteiger partial charge in [0.2, 0.25) is 0 Å². The average molecular weight is 382 g/mol. The number of halogens is 2. The molecule has 0 aliphatic carbocycles. The fraction of sp³-hybridized carbons (Fsp3) is 0.389.